The van der Waals surface area contributed by atoms with Gasteiger partial charge >= 0.3 is 5.97 Å². The number of benzene rings is 3. The van der Waals surface area contributed by atoms with Gasteiger partial charge in [0, 0.05) is 36.3 Å². The standard InChI is InChI=1S/C36H39FN2O4/c1-22(2)29-19-25(15-16-30(29)37)35-32(24-11-7-5-8-12-24)33(36(42)38-26-13-9-6-10-14-26)34(23(3)4)39(35)18-17-28-20-27(40)21-31(41)43-28/h5-16,19,22-23,27-28,40H,17-18,20-21H2,1-4H3,(H,38,42). The number of nitrogens with one attached hydrogen (secondary N) is 1. The maximum Gasteiger partial charge on any atom is 0.308 e. The number of hydrogen-bond donors (Lipinski definition) is 2. The van der Waals surface area contributed by atoms with Crippen molar-refractivity contribution in [2.24, 2.45) is 0 Å². The number of aliphatic hydroxyl groups is 1. The summed E-state index contributed by atoms with van der Waals surface area (Å²) in [4.78, 5) is 26.4. The van der Waals surface area contributed by atoms with Gasteiger partial charge in [-0.1, -0.05) is 76.2 Å². The summed E-state index contributed by atoms with van der Waals surface area (Å²) in [7, 11) is 0. The van der Waals surface area contributed by atoms with E-state index in [-0.39, 0.29) is 30.0 Å². The first kappa shape index (κ1) is 30.2. The lowest BCUT2D eigenvalue weighted by Crippen LogP contribution is -2.33. The van der Waals surface area contributed by atoms with Gasteiger partial charge in [0.05, 0.1) is 23.8 Å². The normalized spacial score (nSPS) is 16.9. The van der Waals surface area contributed by atoms with E-state index in [1.165, 1.54) is 6.07 Å². The second-order valence-electron chi connectivity index (χ2n) is 11.9. The molecule has 2 unspecified atom stereocenters. The van der Waals surface area contributed by atoms with E-state index >= 15 is 0 Å². The molecule has 2 N–H and O–H groups in total. The van der Waals surface area contributed by atoms with Crippen LogP contribution in [0.1, 0.15) is 80.4 Å². The average molecular weight is 583 g/mol. The average Bonchev–Trinajstić information content (AvgIpc) is 3.32. The van der Waals surface area contributed by atoms with Gasteiger partial charge < -0.3 is 19.7 Å². The van der Waals surface area contributed by atoms with Gasteiger partial charge in [-0.15, -0.1) is 0 Å². The highest BCUT2D eigenvalue weighted by molar-refractivity contribution is 6.12. The Morgan fingerprint density at radius 1 is 0.977 bits per heavy atom. The highest BCUT2D eigenvalue weighted by Gasteiger charge is 2.32. The number of anilines is 1. The molecule has 43 heavy (non-hydrogen) atoms. The van der Waals surface area contributed by atoms with E-state index in [1.54, 1.807) is 6.07 Å². The first-order chi connectivity index (χ1) is 20.6. The maximum absolute atomic E-state index is 15.0. The number of aliphatic hydroxyl groups excluding tert-OH is 1. The second-order valence-corrected chi connectivity index (χ2v) is 11.9. The van der Waals surface area contributed by atoms with Crippen LogP contribution in [0.3, 0.4) is 0 Å². The van der Waals surface area contributed by atoms with Crippen LogP contribution in [0.5, 0.6) is 0 Å². The molecule has 6 nitrogen and oxygen atoms in total. The molecule has 0 aliphatic carbocycles. The maximum atomic E-state index is 15.0. The van der Waals surface area contributed by atoms with Crippen LogP contribution in [0.15, 0.2) is 78.9 Å². The lowest BCUT2D eigenvalue weighted by atomic mass is 9.92. The molecule has 224 valence electrons. The van der Waals surface area contributed by atoms with Crippen LogP contribution in [0.2, 0.25) is 0 Å². The predicted octanol–water partition coefficient (Wildman–Crippen LogP) is 7.92. The van der Waals surface area contributed by atoms with Gasteiger partial charge in [0.15, 0.2) is 0 Å². The first-order valence-corrected chi connectivity index (χ1v) is 15.0. The fourth-order valence-corrected chi connectivity index (χ4v) is 6.05. The molecule has 5 rings (SSSR count). The molecule has 1 aromatic heterocycles. The number of hydrogen-bond acceptors (Lipinski definition) is 4. The van der Waals surface area contributed by atoms with Crippen LogP contribution < -0.4 is 5.32 Å². The molecule has 3 aromatic carbocycles. The third-order valence-electron chi connectivity index (χ3n) is 7.97. The fraction of sp³-hybridized carbons (Fsp3) is 0.333. The molecule has 7 heteroatoms. The Bertz CT molecular complexity index is 1590. The number of carbonyl (C=O) groups is 2. The molecule has 2 heterocycles. The van der Waals surface area contributed by atoms with Crippen LogP contribution in [-0.4, -0.2) is 33.8 Å². The molecule has 1 aliphatic rings. The summed E-state index contributed by atoms with van der Waals surface area (Å²) in [5, 5.41) is 13.3. The van der Waals surface area contributed by atoms with E-state index in [1.807, 2.05) is 80.6 Å². The van der Waals surface area contributed by atoms with E-state index in [9.17, 15) is 19.1 Å². The second kappa shape index (κ2) is 13.0. The Balaban J connectivity index is 1.76. The van der Waals surface area contributed by atoms with E-state index in [4.69, 9.17) is 4.74 Å². The monoisotopic (exact) mass is 582 g/mol. The Morgan fingerprint density at radius 2 is 1.65 bits per heavy atom. The Hall–Kier alpha value is -4.23. The molecule has 1 fully saturated rings. The number of nitrogens with zero attached hydrogens (tertiary/aromatic N) is 1. The predicted molar refractivity (Wildman–Crippen MR) is 168 cm³/mol. The van der Waals surface area contributed by atoms with Gasteiger partial charge in [-0.05, 0) is 58.9 Å². The third-order valence-corrected chi connectivity index (χ3v) is 7.97. The van der Waals surface area contributed by atoms with Crippen molar-refractivity contribution in [1.82, 2.24) is 4.57 Å². The summed E-state index contributed by atoms with van der Waals surface area (Å²) in [5.74, 6) is -1.02. The van der Waals surface area contributed by atoms with Crippen molar-refractivity contribution in [3.8, 4) is 22.4 Å². The van der Waals surface area contributed by atoms with Crippen molar-refractivity contribution in [3.05, 3.63) is 102 Å². The topological polar surface area (TPSA) is 80.6 Å². The van der Waals surface area contributed by atoms with Crippen molar-refractivity contribution in [2.75, 3.05) is 5.32 Å². The molecule has 0 radical (unpaired) electrons. The van der Waals surface area contributed by atoms with Crippen LogP contribution in [-0.2, 0) is 16.1 Å². The minimum atomic E-state index is -0.738. The quantitative estimate of drug-likeness (QED) is 0.197. The molecule has 2 atom stereocenters. The van der Waals surface area contributed by atoms with Crippen molar-refractivity contribution < 1.29 is 23.8 Å². The molecule has 4 aromatic rings. The summed E-state index contributed by atoms with van der Waals surface area (Å²) in [6.07, 6.45) is -0.375. The summed E-state index contributed by atoms with van der Waals surface area (Å²) < 4.78 is 22.7. The van der Waals surface area contributed by atoms with Gasteiger partial charge in [0.1, 0.15) is 11.9 Å². The first-order valence-electron chi connectivity index (χ1n) is 15.0. The number of aromatic nitrogens is 1. The van der Waals surface area contributed by atoms with E-state index < -0.39 is 18.2 Å². The van der Waals surface area contributed by atoms with Gasteiger partial charge in [0.2, 0.25) is 0 Å². The summed E-state index contributed by atoms with van der Waals surface area (Å²) in [5.41, 5.74) is 5.89. The molecular weight excluding hydrogens is 543 g/mol. The molecule has 0 spiro atoms. The summed E-state index contributed by atoms with van der Waals surface area (Å²) in [6.45, 7) is 8.46. The molecular formula is C36H39FN2O4. The molecule has 1 amide bonds. The zero-order chi connectivity index (χ0) is 30.7. The number of rotatable bonds is 9. The van der Waals surface area contributed by atoms with E-state index in [0.717, 1.165) is 28.1 Å². The van der Waals surface area contributed by atoms with Crippen molar-refractivity contribution in [1.29, 1.82) is 0 Å². The molecule has 0 bridgehead atoms. The van der Waals surface area contributed by atoms with Crippen molar-refractivity contribution >= 4 is 17.6 Å². The smallest absolute Gasteiger partial charge is 0.308 e. The number of cyclic esters (lactones) is 1. The van der Waals surface area contributed by atoms with Crippen molar-refractivity contribution in [3.63, 3.8) is 0 Å². The van der Waals surface area contributed by atoms with Crippen LogP contribution in [0.4, 0.5) is 10.1 Å². The number of halogens is 1. The zero-order valence-electron chi connectivity index (χ0n) is 25.1. The minimum Gasteiger partial charge on any atom is -0.462 e. The van der Waals surface area contributed by atoms with E-state index in [0.29, 0.717) is 36.2 Å². The summed E-state index contributed by atoms with van der Waals surface area (Å²) >= 11 is 0. The third kappa shape index (κ3) is 6.57. The van der Waals surface area contributed by atoms with Crippen LogP contribution >= 0.6 is 0 Å². The highest BCUT2D eigenvalue weighted by atomic mass is 19.1. The van der Waals surface area contributed by atoms with Crippen LogP contribution in [0.25, 0.3) is 22.4 Å². The van der Waals surface area contributed by atoms with Gasteiger partial charge in [-0.25, -0.2) is 4.39 Å². The zero-order valence-corrected chi connectivity index (χ0v) is 25.1. The molecule has 1 aliphatic heterocycles. The van der Waals surface area contributed by atoms with Gasteiger partial charge in [0.25, 0.3) is 5.91 Å². The Kier molecular flexibility index (Phi) is 9.11. The molecule has 0 saturated carbocycles. The van der Waals surface area contributed by atoms with E-state index in [2.05, 4.69) is 23.7 Å². The fourth-order valence-electron chi connectivity index (χ4n) is 6.05. The Morgan fingerprint density at radius 3 is 2.28 bits per heavy atom. The van der Waals surface area contributed by atoms with Gasteiger partial charge in [-0.3, -0.25) is 9.59 Å². The number of esters is 1. The largest absolute Gasteiger partial charge is 0.462 e. The number of para-hydroxylation sites is 1. The lowest BCUT2D eigenvalue weighted by Gasteiger charge is -2.27. The number of amides is 1. The Labute approximate surface area is 252 Å². The number of carbonyl (C=O) groups excluding carboxylic acids is 2. The van der Waals surface area contributed by atoms with Crippen molar-refractivity contribution in [2.45, 2.75) is 77.5 Å². The SMILES string of the molecule is CC(C)c1cc(-c2c(-c3ccccc3)c(C(=O)Nc3ccccc3)c(C(C)C)n2CCC2CC(O)CC(=O)O2)ccc1F. The number of ether oxygens (including phenoxy) is 1. The van der Waals surface area contributed by atoms with Crippen LogP contribution in [0, 0.1) is 5.82 Å². The minimum absolute atomic E-state index is 0.00195. The summed E-state index contributed by atoms with van der Waals surface area (Å²) in [6, 6.07) is 24.3. The highest BCUT2D eigenvalue weighted by Crippen LogP contribution is 2.43. The lowest BCUT2D eigenvalue weighted by molar-refractivity contribution is -0.160. The molecule has 1 saturated heterocycles. The van der Waals surface area contributed by atoms with Gasteiger partial charge in [-0.2, -0.15) is 0 Å².